The van der Waals surface area contributed by atoms with Crippen LogP contribution in [0, 0.1) is 24.7 Å². The molecule has 1 aromatic rings. The maximum absolute atomic E-state index is 11.2. The van der Waals surface area contributed by atoms with Gasteiger partial charge in [0.05, 0.1) is 5.69 Å². The van der Waals surface area contributed by atoms with E-state index in [0.29, 0.717) is 17.6 Å². The highest BCUT2D eigenvalue weighted by atomic mass is 16.1. The first kappa shape index (κ1) is 20.9. The van der Waals surface area contributed by atoms with Crippen molar-refractivity contribution in [2.75, 3.05) is 0 Å². The number of hydrogen-bond donors (Lipinski definition) is 0. The molecule has 3 rings (SSSR count). The van der Waals surface area contributed by atoms with E-state index in [4.69, 9.17) is 4.99 Å². The molecule has 2 heteroatoms. The van der Waals surface area contributed by atoms with Gasteiger partial charge in [-0.05, 0) is 68.9 Å². The molecular formula is C24H39NO. The van der Waals surface area contributed by atoms with Gasteiger partial charge < -0.3 is 4.79 Å². The first-order valence-corrected chi connectivity index (χ1v) is 10.7. The quantitative estimate of drug-likeness (QED) is 0.534. The zero-order valence-electron chi connectivity index (χ0n) is 17.5. The number of ketones is 1. The van der Waals surface area contributed by atoms with Crippen LogP contribution in [0.1, 0.15) is 85.2 Å². The maximum atomic E-state index is 11.2. The molecule has 0 amide bonds. The number of carbonyl (C=O) groups excluding carboxylic acids is 1. The summed E-state index contributed by atoms with van der Waals surface area (Å²) in [5, 5.41) is 0. The van der Waals surface area contributed by atoms with E-state index in [-0.39, 0.29) is 1.43 Å². The van der Waals surface area contributed by atoms with Crippen LogP contribution >= 0.6 is 0 Å². The monoisotopic (exact) mass is 357 g/mol. The molecule has 1 aliphatic carbocycles. The summed E-state index contributed by atoms with van der Waals surface area (Å²) in [6.07, 6.45) is 9.62. The third-order valence-corrected chi connectivity index (χ3v) is 5.89. The second-order valence-corrected chi connectivity index (χ2v) is 8.22. The van der Waals surface area contributed by atoms with Gasteiger partial charge in [0.2, 0.25) is 0 Å². The number of rotatable bonds is 6. The molecular weight excluding hydrogens is 318 g/mol. The van der Waals surface area contributed by atoms with Crippen molar-refractivity contribution < 1.29 is 6.22 Å². The molecule has 1 heterocycles. The lowest BCUT2D eigenvalue weighted by atomic mass is 9.76. The van der Waals surface area contributed by atoms with E-state index in [9.17, 15) is 4.79 Å². The largest absolute Gasteiger partial charge is 0.300 e. The van der Waals surface area contributed by atoms with Crippen LogP contribution in [-0.4, -0.2) is 11.5 Å². The number of Topliss-reactive ketones (excluding diaryl/α,β-unsaturated/α-hetero) is 1. The number of fused-ring (bicyclic) bond motifs is 1. The van der Waals surface area contributed by atoms with Crippen LogP contribution in [0.3, 0.4) is 0 Å². The fourth-order valence-corrected chi connectivity index (χ4v) is 4.49. The molecule has 2 nitrogen and oxygen atoms in total. The van der Waals surface area contributed by atoms with Crippen molar-refractivity contribution in [2.24, 2.45) is 22.7 Å². The number of hydrogen-bond acceptors (Lipinski definition) is 2. The Morgan fingerprint density at radius 3 is 2.58 bits per heavy atom. The summed E-state index contributed by atoms with van der Waals surface area (Å²) < 4.78 is 0. The molecule has 1 unspecified atom stereocenters. The van der Waals surface area contributed by atoms with Gasteiger partial charge in [-0.25, -0.2) is 0 Å². The van der Waals surface area contributed by atoms with Gasteiger partial charge in [0.1, 0.15) is 5.78 Å². The topological polar surface area (TPSA) is 29.4 Å². The Morgan fingerprint density at radius 2 is 1.92 bits per heavy atom. The van der Waals surface area contributed by atoms with Crippen molar-refractivity contribution in [3.05, 3.63) is 29.3 Å². The van der Waals surface area contributed by atoms with Gasteiger partial charge in [-0.15, -0.1) is 0 Å². The summed E-state index contributed by atoms with van der Waals surface area (Å²) in [5.41, 5.74) is 5.40. The third kappa shape index (κ3) is 5.79. The standard InChI is InChI=1S/C22H31NO.C2H6.H2/c1-15(12-17(3)24)4-6-18-7-9-19(10-8-18)22-14-20-13-16(2)5-11-21(20)23-22;1-2;/h5,11,13,15,18-19H,4,6-10,12,14H2,1-3H3;1-2H3;1H. The van der Waals surface area contributed by atoms with Crippen molar-refractivity contribution in [1.29, 1.82) is 0 Å². The minimum atomic E-state index is 0. The Bertz CT molecular complexity index is 629. The van der Waals surface area contributed by atoms with Crippen LogP contribution in [0.5, 0.6) is 0 Å². The first-order valence-electron chi connectivity index (χ1n) is 10.7. The molecule has 0 N–H and O–H groups in total. The second kappa shape index (κ2) is 10.0. The number of aliphatic imine (C=N–C) groups is 1. The van der Waals surface area contributed by atoms with E-state index < -0.39 is 0 Å². The minimum absolute atomic E-state index is 0. The smallest absolute Gasteiger partial charge is 0.130 e. The Balaban J connectivity index is 0.00000118. The minimum Gasteiger partial charge on any atom is -0.300 e. The molecule has 1 aliphatic heterocycles. The number of benzene rings is 1. The zero-order valence-corrected chi connectivity index (χ0v) is 17.5. The molecule has 2 aliphatic rings. The fourth-order valence-electron chi connectivity index (χ4n) is 4.49. The van der Waals surface area contributed by atoms with Gasteiger partial charge in [-0.2, -0.15) is 0 Å². The van der Waals surface area contributed by atoms with E-state index in [0.717, 1.165) is 18.8 Å². The predicted molar refractivity (Wildman–Crippen MR) is 115 cm³/mol. The van der Waals surface area contributed by atoms with Crippen LogP contribution < -0.4 is 0 Å². The van der Waals surface area contributed by atoms with E-state index >= 15 is 0 Å². The van der Waals surface area contributed by atoms with Crippen LogP contribution in [0.2, 0.25) is 0 Å². The fraction of sp³-hybridized carbons (Fsp3) is 0.667. The van der Waals surface area contributed by atoms with E-state index in [1.807, 2.05) is 13.8 Å². The van der Waals surface area contributed by atoms with Crippen molar-refractivity contribution in [2.45, 2.75) is 86.0 Å². The highest BCUT2D eigenvalue weighted by Crippen LogP contribution is 2.37. The molecule has 0 saturated heterocycles. The highest BCUT2D eigenvalue weighted by molar-refractivity contribution is 5.95. The zero-order chi connectivity index (χ0) is 19.1. The van der Waals surface area contributed by atoms with Gasteiger partial charge in [0, 0.05) is 20.0 Å². The lowest BCUT2D eigenvalue weighted by molar-refractivity contribution is -0.117. The maximum Gasteiger partial charge on any atom is 0.130 e. The Labute approximate surface area is 162 Å². The summed E-state index contributed by atoms with van der Waals surface area (Å²) in [5.74, 6) is 2.45. The number of carbonyl (C=O) groups is 1. The average molecular weight is 358 g/mol. The van der Waals surface area contributed by atoms with E-state index in [1.54, 1.807) is 6.92 Å². The van der Waals surface area contributed by atoms with Crippen molar-refractivity contribution in [3.8, 4) is 0 Å². The van der Waals surface area contributed by atoms with Crippen LogP contribution in [0.25, 0.3) is 0 Å². The molecule has 0 radical (unpaired) electrons. The van der Waals surface area contributed by atoms with Crippen LogP contribution in [0.4, 0.5) is 5.69 Å². The van der Waals surface area contributed by atoms with E-state index in [2.05, 4.69) is 32.0 Å². The predicted octanol–water partition coefficient (Wildman–Crippen LogP) is 7.10. The molecule has 146 valence electrons. The molecule has 1 atom stereocenters. The van der Waals surface area contributed by atoms with Gasteiger partial charge in [-0.3, -0.25) is 4.99 Å². The van der Waals surface area contributed by atoms with Gasteiger partial charge in [0.25, 0.3) is 0 Å². The number of aryl methyl sites for hydroxylation is 1. The number of nitrogens with zero attached hydrogens (tertiary/aromatic N) is 1. The first-order chi connectivity index (χ1) is 12.5. The lowest BCUT2D eigenvalue weighted by Gasteiger charge is -2.29. The Morgan fingerprint density at radius 1 is 1.23 bits per heavy atom. The van der Waals surface area contributed by atoms with Gasteiger partial charge in [0.15, 0.2) is 0 Å². The molecule has 1 saturated carbocycles. The highest BCUT2D eigenvalue weighted by Gasteiger charge is 2.27. The lowest BCUT2D eigenvalue weighted by Crippen LogP contribution is -2.22. The summed E-state index contributed by atoms with van der Waals surface area (Å²) >= 11 is 0. The van der Waals surface area contributed by atoms with E-state index in [1.165, 1.54) is 61.1 Å². The second-order valence-electron chi connectivity index (χ2n) is 8.22. The average Bonchev–Trinajstić information content (AvgIpc) is 3.04. The summed E-state index contributed by atoms with van der Waals surface area (Å²) in [6, 6.07) is 6.65. The van der Waals surface area contributed by atoms with Crippen LogP contribution in [-0.2, 0) is 11.2 Å². The normalized spacial score (nSPS) is 22.7. The third-order valence-electron chi connectivity index (χ3n) is 5.89. The molecule has 1 aromatic carbocycles. The molecule has 0 bridgehead atoms. The van der Waals surface area contributed by atoms with Gasteiger partial charge >= 0.3 is 0 Å². The Kier molecular flexibility index (Phi) is 8.06. The van der Waals surface area contributed by atoms with Crippen molar-refractivity contribution in [1.82, 2.24) is 0 Å². The van der Waals surface area contributed by atoms with Crippen molar-refractivity contribution in [3.63, 3.8) is 0 Å². The SMILES string of the molecule is CC.CC(=O)CC(C)CCC1CCC(C2=Nc3ccc(C)cc3C2)CC1.[HH]. The molecule has 1 fully saturated rings. The van der Waals surface area contributed by atoms with Gasteiger partial charge in [-0.1, -0.05) is 51.3 Å². The summed E-state index contributed by atoms with van der Waals surface area (Å²) in [6.45, 7) is 10.1. The Hall–Kier alpha value is -1.44. The van der Waals surface area contributed by atoms with Crippen molar-refractivity contribution >= 4 is 17.2 Å². The van der Waals surface area contributed by atoms with Crippen LogP contribution in [0.15, 0.2) is 23.2 Å². The summed E-state index contributed by atoms with van der Waals surface area (Å²) in [4.78, 5) is 16.1. The molecule has 26 heavy (non-hydrogen) atoms. The summed E-state index contributed by atoms with van der Waals surface area (Å²) in [7, 11) is 0. The molecule has 0 spiro atoms. The molecule has 0 aromatic heterocycles.